The van der Waals surface area contributed by atoms with Gasteiger partial charge in [-0.2, -0.15) is 0 Å². The van der Waals surface area contributed by atoms with Gasteiger partial charge < -0.3 is 10.5 Å². The second kappa shape index (κ2) is 5.69. The van der Waals surface area contributed by atoms with Crippen LogP contribution in [-0.4, -0.2) is 12.6 Å². The number of nitrogens with two attached hydrogens (primary N) is 1. The van der Waals surface area contributed by atoms with Crippen molar-refractivity contribution in [1.82, 2.24) is 0 Å². The zero-order valence-electron chi connectivity index (χ0n) is 10.2. The zero-order valence-corrected chi connectivity index (χ0v) is 11.0. The van der Waals surface area contributed by atoms with E-state index < -0.39 is 0 Å². The molecule has 2 aromatic rings. The van der Waals surface area contributed by atoms with Gasteiger partial charge in [0.05, 0.1) is 18.0 Å². The van der Waals surface area contributed by atoms with E-state index in [1.807, 2.05) is 35.7 Å². The monoisotopic (exact) mass is 261 g/mol. The molecular formula is C14H15NO2S. The molecule has 18 heavy (non-hydrogen) atoms. The Balaban J connectivity index is 2.31. The summed E-state index contributed by atoms with van der Waals surface area (Å²) in [5, 5.41) is 2.66. The van der Waals surface area contributed by atoms with Crippen molar-refractivity contribution in [3.05, 3.63) is 41.3 Å². The lowest BCUT2D eigenvalue weighted by Gasteiger charge is -2.05. The van der Waals surface area contributed by atoms with Crippen molar-refractivity contribution in [3.8, 4) is 11.1 Å². The minimum Gasteiger partial charge on any atom is -0.466 e. The summed E-state index contributed by atoms with van der Waals surface area (Å²) in [6, 6.07) is 9.86. The van der Waals surface area contributed by atoms with Crippen LogP contribution in [0.3, 0.4) is 0 Å². The predicted octanol–water partition coefficient (Wildman–Crippen LogP) is 3.10. The van der Waals surface area contributed by atoms with Crippen LogP contribution in [0.2, 0.25) is 0 Å². The Morgan fingerprint density at radius 2 is 2.06 bits per heavy atom. The number of ether oxygens (including phenoxy) is 1. The number of carbonyl (C=O) groups is 1. The normalized spacial score (nSPS) is 10.3. The molecular weight excluding hydrogens is 246 g/mol. The predicted molar refractivity (Wildman–Crippen MR) is 74.5 cm³/mol. The molecule has 0 unspecified atom stereocenters. The van der Waals surface area contributed by atoms with Crippen molar-refractivity contribution in [2.75, 3.05) is 12.3 Å². The molecule has 0 saturated heterocycles. The summed E-state index contributed by atoms with van der Waals surface area (Å²) in [5.74, 6) is -0.215. The van der Waals surface area contributed by atoms with Gasteiger partial charge in [0.2, 0.25) is 0 Å². The van der Waals surface area contributed by atoms with E-state index in [0.717, 1.165) is 21.7 Å². The fourth-order valence-electron chi connectivity index (χ4n) is 1.84. The molecule has 0 radical (unpaired) electrons. The van der Waals surface area contributed by atoms with Gasteiger partial charge in [0.15, 0.2) is 0 Å². The number of rotatable bonds is 4. The van der Waals surface area contributed by atoms with Gasteiger partial charge in [-0.3, -0.25) is 4.79 Å². The molecule has 3 nitrogen and oxygen atoms in total. The Kier molecular flexibility index (Phi) is 3.99. The number of thiophene rings is 1. The van der Waals surface area contributed by atoms with Crippen molar-refractivity contribution in [1.29, 1.82) is 0 Å². The van der Waals surface area contributed by atoms with Crippen LogP contribution in [0.5, 0.6) is 0 Å². The summed E-state index contributed by atoms with van der Waals surface area (Å²) in [7, 11) is 0. The lowest BCUT2D eigenvalue weighted by molar-refractivity contribution is -0.142. The highest BCUT2D eigenvalue weighted by Crippen LogP contribution is 2.35. The average molecular weight is 261 g/mol. The molecule has 0 aliphatic carbocycles. The van der Waals surface area contributed by atoms with E-state index in [-0.39, 0.29) is 12.4 Å². The number of benzene rings is 1. The first-order chi connectivity index (χ1) is 8.72. The van der Waals surface area contributed by atoms with Crippen molar-refractivity contribution in [3.63, 3.8) is 0 Å². The zero-order chi connectivity index (χ0) is 13.0. The van der Waals surface area contributed by atoms with Crippen LogP contribution >= 0.6 is 11.3 Å². The molecule has 0 aliphatic rings. The van der Waals surface area contributed by atoms with Gasteiger partial charge in [0.25, 0.3) is 0 Å². The molecule has 0 aliphatic heterocycles. The minimum atomic E-state index is -0.215. The van der Waals surface area contributed by atoms with E-state index in [4.69, 9.17) is 10.5 Å². The van der Waals surface area contributed by atoms with Crippen LogP contribution in [0.15, 0.2) is 35.7 Å². The molecule has 1 aromatic carbocycles. The third-order valence-electron chi connectivity index (χ3n) is 2.60. The molecule has 0 saturated carbocycles. The number of anilines is 1. The Morgan fingerprint density at radius 3 is 2.72 bits per heavy atom. The lowest BCUT2D eigenvalue weighted by Crippen LogP contribution is -2.07. The smallest absolute Gasteiger partial charge is 0.310 e. The second-order valence-electron chi connectivity index (χ2n) is 3.85. The Labute approximate surface area is 110 Å². The van der Waals surface area contributed by atoms with Gasteiger partial charge in [-0.1, -0.05) is 30.3 Å². The fraction of sp³-hybridized carbons (Fsp3) is 0.214. The van der Waals surface area contributed by atoms with Gasteiger partial charge >= 0.3 is 5.97 Å². The molecule has 0 atom stereocenters. The van der Waals surface area contributed by atoms with Gasteiger partial charge in [0, 0.05) is 5.56 Å². The molecule has 0 bridgehead atoms. The maximum atomic E-state index is 11.5. The highest BCUT2D eigenvalue weighted by molar-refractivity contribution is 7.14. The van der Waals surface area contributed by atoms with E-state index in [0.29, 0.717) is 6.61 Å². The molecule has 4 heteroatoms. The summed E-state index contributed by atoms with van der Waals surface area (Å²) in [6.07, 6.45) is 0.270. The van der Waals surface area contributed by atoms with Crippen LogP contribution in [0.25, 0.3) is 11.1 Å². The molecule has 0 spiro atoms. The summed E-state index contributed by atoms with van der Waals surface area (Å²) in [4.78, 5) is 11.5. The van der Waals surface area contributed by atoms with Gasteiger partial charge in [-0.25, -0.2) is 0 Å². The molecule has 0 fully saturated rings. The Bertz CT molecular complexity index is 534. The maximum absolute atomic E-state index is 11.5. The van der Waals surface area contributed by atoms with Crippen molar-refractivity contribution >= 4 is 22.3 Å². The molecule has 94 valence electrons. The van der Waals surface area contributed by atoms with E-state index in [2.05, 4.69) is 0 Å². The highest BCUT2D eigenvalue weighted by Gasteiger charge is 2.14. The van der Waals surface area contributed by atoms with Crippen LogP contribution in [0, 0.1) is 0 Å². The van der Waals surface area contributed by atoms with Gasteiger partial charge in [-0.15, -0.1) is 11.3 Å². The largest absolute Gasteiger partial charge is 0.466 e. The van der Waals surface area contributed by atoms with E-state index in [1.165, 1.54) is 11.3 Å². The fourth-order valence-corrected chi connectivity index (χ4v) is 2.68. The average Bonchev–Trinajstić information content (AvgIpc) is 2.72. The van der Waals surface area contributed by atoms with E-state index in [1.54, 1.807) is 6.92 Å². The quantitative estimate of drug-likeness (QED) is 0.860. The molecule has 0 amide bonds. The number of esters is 1. The van der Waals surface area contributed by atoms with Crippen LogP contribution in [-0.2, 0) is 16.0 Å². The number of carbonyl (C=O) groups excluding carboxylic acids is 1. The number of hydrogen-bond donors (Lipinski definition) is 1. The summed E-state index contributed by atoms with van der Waals surface area (Å²) in [5.41, 5.74) is 8.91. The third kappa shape index (κ3) is 2.71. The summed E-state index contributed by atoms with van der Waals surface area (Å²) >= 11 is 1.46. The summed E-state index contributed by atoms with van der Waals surface area (Å²) < 4.78 is 4.97. The van der Waals surface area contributed by atoms with Gasteiger partial charge in [0.1, 0.15) is 0 Å². The first-order valence-corrected chi connectivity index (χ1v) is 6.67. The van der Waals surface area contributed by atoms with E-state index in [9.17, 15) is 4.79 Å². The van der Waals surface area contributed by atoms with Crippen molar-refractivity contribution in [2.24, 2.45) is 0 Å². The van der Waals surface area contributed by atoms with Crippen LogP contribution < -0.4 is 5.73 Å². The molecule has 2 N–H and O–H groups in total. The minimum absolute atomic E-state index is 0.215. The topological polar surface area (TPSA) is 52.3 Å². The number of nitrogen functional groups attached to an aromatic ring is 1. The molecule has 1 aromatic heterocycles. The Morgan fingerprint density at radius 1 is 1.33 bits per heavy atom. The second-order valence-corrected chi connectivity index (χ2v) is 4.76. The third-order valence-corrected chi connectivity index (χ3v) is 3.46. The van der Waals surface area contributed by atoms with Crippen molar-refractivity contribution in [2.45, 2.75) is 13.3 Å². The molecule has 2 rings (SSSR count). The number of hydrogen-bond acceptors (Lipinski definition) is 4. The first kappa shape index (κ1) is 12.6. The van der Waals surface area contributed by atoms with Gasteiger partial charge in [-0.05, 0) is 23.4 Å². The van der Waals surface area contributed by atoms with Crippen LogP contribution in [0.4, 0.5) is 5.00 Å². The Hall–Kier alpha value is -1.81. The highest BCUT2D eigenvalue weighted by atomic mass is 32.1. The van der Waals surface area contributed by atoms with E-state index >= 15 is 0 Å². The first-order valence-electron chi connectivity index (χ1n) is 5.79. The molecule has 1 heterocycles. The lowest BCUT2D eigenvalue weighted by atomic mass is 10.0. The van der Waals surface area contributed by atoms with Crippen molar-refractivity contribution < 1.29 is 9.53 Å². The summed E-state index contributed by atoms with van der Waals surface area (Å²) in [6.45, 7) is 2.21. The maximum Gasteiger partial charge on any atom is 0.310 e. The van der Waals surface area contributed by atoms with Crippen LogP contribution in [0.1, 0.15) is 12.5 Å². The standard InChI is InChI=1S/C14H15NO2S/c1-2-17-12(16)8-11-9-18-14(15)13(11)10-6-4-3-5-7-10/h3-7,9H,2,8,15H2,1H3. The SMILES string of the molecule is CCOC(=O)Cc1csc(N)c1-c1ccccc1.